The molecule has 0 unspecified atom stereocenters. The quantitative estimate of drug-likeness (QED) is 0.627. The molecule has 0 bridgehead atoms. The molecule has 3 aromatic rings. The van der Waals surface area contributed by atoms with E-state index in [2.05, 4.69) is 36.5 Å². The summed E-state index contributed by atoms with van der Waals surface area (Å²) in [4.78, 5) is 20.5. The van der Waals surface area contributed by atoms with E-state index in [9.17, 15) is 4.79 Å². The van der Waals surface area contributed by atoms with Crippen molar-refractivity contribution >= 4 is 34.7 Å². The molecule has 0 spiro atoms. The van der Waals surface area contributed by atoms with Gasteiger partial charge in [-0.3, -0.25) is 0 Å². The van der Waals surface area contributed by atoms with Crippen LogP contribution in [0.15, 0.2) is 42.5 Å². The van der Waals surface area contributed by atoms with Gasteiger partial charge in [0.1, 0.15) is 10.8 Å². The van der Waals surface area contributed by atoms with Gasteiger partial charge in [0.2, 0.25) is 0 Å². The topological polar surface area (TPSA) is 54.5 Å². The van der Waals surface area contributed by atoms with Crippen molar-refractivity contribution in [3.63, 3.8) is 0 Å². The molecule has 1 N–H and O–H groups in total. The van der Waals surface area contributed by atoms with Crippen LogP contribution in [0.25, 0.3) is 10.6 Å². The van der Waals surface area contributed by atoms with Crippen LogP contribution in [0.1, 0.15) is 16.1 Å². The molecular weight excluding hydrogens is 394 g/mol. The van der Waals surface area contributed by atoms with Crippen LogP contribution in [0.5, 0.6) is 5.75 Å². The number of anilines is 1. The molecule has 0 aliphatic carbocycles. The minimum Gasteiger partial charge on any atom is -0.495 e. The highest BCUT2D eigenvalue weighted by atomic mass is 35.5. The van der Waals surface area contributed by atoms with E-state index >= 15 is 0 Å². The number of halogens is 1. The molecule has 2 aromatic carbocycles. The van der Waals surface area contributed by atoms with Crippen molar-refractivity contribution in [2.45, 2.75) is 19.9 Å². The number of thiazole rings is 1. The molecule has 4 rings (SSSR count). The number of rotatable bonds is 3. The van der Waals surface area contributed by atoms with Gasteiger partial charge in [-0.05, 0) is 25.1 Å². The maximum atomic E-state index is 12.8. The first-order valence-corrected chi connectivity index (χ1v) is 10.2. The first kappa shape index (κ1) is 18.8. The van der Waals surface area contributed by atoms with Crippen molar-refractivity contribution < 1.29 is 9.53 Å². The Bertz CT molecular complexity index is 1020. The average Bonchev–Trinajstić information content (AvgIpc) is 3.12. The number of hydrogen-bond donors (Lipinski definition) is 1. The fraction of sp³-hybridized carbons (Fsp3) is 0.238. The van der Waals surface area contributed by atoms with Crippen LogP contribution in [0.4, 0.5) is 10.5 Å². The third-order valence-electron chi connectivity index (χ3n) is 4.72. The molecule has 1 aromatic heterocycles. The summed E-state index contributed by atoms with van der Waals surface area (Å²) < 4.78 is 5.31. The predicted molar refractivity (Wildman–Crippen MR) is 113 cm³/mol. The zero-order chi connectivity index (χ0) is 19.7. The average molecular weight is 414 g/mol. The summed E-state index contributed by atoms with van der Waals surface area (Å²) in [5, 5.41) is 4.46. The first-order chi connectivity index (χ1) is 13.5. The summed E-state index contributed by atoms with van der Waals surface area (Å²) in [6.07, 6.45) is 0.748. The summed E-state index contributed by atoms with van der Waals surface area (Å²) in [7, 11) is 1.57. The Morgan fingerprint density at radius 3 is 2.79 bits per heavy atom. The maximum Gasteiger partial charge on any atom is 0.322 e. The molecule has 7 heteroatoms. The molecule has 5 nitrogen and oxygen atoms in total. The van der Waals surface area contributed by atoms with E-state index in [1.807, 2.05) is 0 Å². The third kappa shape index (κ3) is 3.84. The van der Waals surface area contributed by atoms with Gasteiger partial charge in [0.05, 0.1) is 25.0 Å². The second kappa shape index (κ2) is 7.81. The molecule has 2 amide bonds. The van der Waals surface area contributed by atoms with Crippen LogP contribution in [0.3, 0.4) is 0 Å². The van der Waals surface area contributed by atoms with Gasteiger partial charge < -0.3 is 15.0 Å². The highest BCUT2D eigenvalue weighted by molar-refractivity contribution is 7.15. The first-order valence-electron chi connectivity index (χ1n) is 8.98. The number of aromatic nitrogens is 1. The lowest BCUT2D eigenvalue weighted by Crippen LogP contribution is -2.38. The lowest BCUT2D eigenvalue weighted by molar-refractivity contribution is 0.206. The summed E-state index contributed by atoms with van der Waals surface area (Å²) in [5.74, 6) is 0.579. The molecule has 0 saturated carbocycles. The molecule has 0 saturated heterocycles. The molecular formula is C21H20ClN3O2S. The Labute approximate surface area is 172 Å². The summed E-state index contributed by atoms with van der Waals surface area (Å²) >= 11 is 7.71. The number of urea groups is 1. The molecule has 0 atom stereocenters. The van der Waals surface area contributed by atoms with Crippen molar-refractivity contribution in [3.8, 4) is 16.3 Å². The van der Waals surface area contributed by atoms with E-state index in [4.69, 9.17) is 21.3 Å². The fourth-order valence-electron chi connectivity index (χ4n) is 3.16. The number of methoxy groups -OCH3 is 1. The molecule has 1 aliphatic heterocycles. The number of carbonyl (C=O) groups is 1. The number of hydrogen-bond acceptors (Lipinski definition) is 4. The van der Waals surface area contributed by atoms with E-state index in [1.165, 1.54) is 5.56 Å². The summed E-state index contributed by atoms with van der Waals surface area (Å²) in [5.41, 5.74) is 3.99. The van der Waals surface area contributed by atoms with Crippen LogP contribution < -0.4 is 10.1 Å². The van der Waals surface area contributed by atoms with Gasteiger partial charge in [0, 0.05) is 28.4 Å². The smallest absolute Gasteiger partial charge is 0.322 e. The lowest BCUT2D eigenvalue weighted by Gasteiger charge is -2.26. The van der Waals surface area contributed by atoms with Crippen molar-refractivity contribution in [1.29, 1.82) is 0 Å². The van der Waals surface area contributed by atoms with Gasteiger partial charge in [-0.2, -0.15) is 0 Å². The second-order valence-corrected chi connectivity index (χ2v) is 8.22. The molecule has 0 radical (unpaired) electrons. The van der Waals surface area contributed by atoms with Gasteiger partial charge in [0.25, 0.3) is 0 Å². The van der Waals surface area contributed by atoms with Crippen LogP contribution >= 0.6 is 22.9 Å². The Hall–Kier alpha value is -2.57. The number of carbonyl (C=O) groups excluding carboxylic acids is 1. The standard InChI is InChI=1S/C21H20ClN3O2S/c1-13-3-5-14(6-4-13)20-23-16-9-10-25(12-19(16)28-20)21(26)24-17-11-15(22)7-8-18(17)27-2/h3-8,11H,9-10,12H2,1-2H3,(H,24,26). The monoisotopic (exact) mass is 413 g/mol. The number of amides is 2. The second-order valence-electron chi connectivity index (χ2n) is 6.70. The number of ether oxygens (including phenoxy) is 1. The molecule has 28 heavy (non-hydrogen) atoms. The van der Waals surface area contributed by atoms with E-state index in [-0.39, 0.29) is 6.03 Å². The van der Waals surface area contributed by atoms with E-state index in [1.54, 1.807) is 41.5 Å². The Morgan fingerprint density at radius 2 is 2.04 bits per heavy atom. The predicted octanol–water partition coefficient (Wildman–Crippen LogP) is 5.37. The van der Waals surface area contributed by atoms with Crippen LogP contribution in [0, 0.1) is 6.92 Å². The highest BCUT2D eigenvalue weighted by Gasteiger charge is 2.25. The van der Waals surface area contributed by atoms with Crippen LogP contribution in [0.2, 0.25) is 5.02 Å². The molecule has 144 valence electrons. The molecule has 1 aliphatic rings. The van der Waals surface area contributed by atoms with Gasteiger partial charge in [-0.1, -0.05) is 41.4 Å². The SMILES string of the molecule is COc1ccc(Cl)cc1NC(=O)N1CCc2nc(-c3ccc(C)cc3)sc2C1. The minimum absolute atomic E-state index is 0.170. The Morgan fingerprint density at radius 1 is 1.25 bits per heavy atom. The van der Waals surface area contributed by atoms with Crippen molar-refractivity contribution in [3.05, 3.63) is 63.6 Å². The summed E-state index contributed by atoms with van der Waals surface area (Å²) in [6.45, 7) is 3.24. The van der Waals surface area contributed by atoms with E-state index < -0.39 is 0 Å². The van der Waals surface area contributed by atoms with Crippen molar-refractivity contribution in [2.24, 2.45) is 0 Å². The Kier molecular flexibility index (Phi) is 5.24. The van der Waals surface area contributed by atoms with Crippen molar-refractivity contribution in [1.82, 2.24) is 9.88 Å². The van der Waals surface area contributed by atoms with Gasteiger partial charge >= 0.3 is 6.03 Å². The van der Waals surface area contributed by atoms with Crippen LogP contribution in [-0.2, 0) is 13.0 Å². The number of fused-ring (bicyclic) bond motifs is 1. The molecule has 2 heterocycles. The minimum atomic E-state index is -0.170. The number of nitrogens with zero attached hydrogens (tertiary/aromatic N) is 2. The fourth-order valence-corrected chi connectivity index (χ4v) is 4.46. The van der Waals surface area contributed by atoms with Gasteiger partial charge in [-0.15, -0.1) is 11.3 Å². The number of aryl methyl sites for hydroxylation is 1. The van der Waals surface area contributed by atoms with E-state index in [0.29, 0.717) is 29.5 Å². The van der Waals surface area contributed by atoms with E-state index in [0.717, 1.165) is 27.6 Å². The molecule has 0 fully saturated rings. The zero-order valence-corrected chi connectivity index (χ0v) is 17.2. The lowest BCUT2D eigenvalue weighted by atomic mass is 10.1. The Balaban J connectivity index is 1.50. The van der Waals surface area contributed by atoms with Gasteiger partial charge in [0.15, 0.2) is 0 Å². The number of nitrogens with one attached hydrogen (secondary N) is 1. The van der Waals surface area contributed by atoms with Crippen LogP contribution in [-0.4, -0.2) is 29.6 Å². The third-order valence-corrected chi connectivity index (χ3v) is 6.09. The highest BCUT2D eigenvalue weighted by Crippen LogP contribution is 2.33. The summed E-state index contributed by atoms with van der Waals surface area (Å²) in [6, 6.07) is 13.4. The normalized spacial score (nSPS) is 13.2. The number of benzene rings is 2. The zero-order valence-electron chi connectivity index (χ0n) is 15.7. The van der Waals surface area contributed by atoms with Gasteiger partial charge in [-0.25, -0.2) is 9.78 Å². The maximum absolute atomic E-state index is 12.8. The largest absolute Gasteiger partial charge is 0.495 e. The van der Waals surface area contributed by atoms with Crippen molar-refractivity contribution in [2.75, 3.05) is 19.0 Å².